The second kappa shape index (κ2) is 17.2. The molecule has 2 aliphatic rings. The predicted molar refractivity (Wildman–Crippen MR) is 216 cm³/mol. The van der Waals surface area contributed by atoms with E-state index in [1.165, 1.54) is 51.0 Å². The maximum absolute atomic E-state index is 13.2. The average molecular weight is 789 g/mol. The number of anilines is 2. The van der Waals surface area contributed by atoms with Gasteiger partial charge in [0.1, 0.15) is 33.8 Å². The minimum atomic E-state index is -0.700. The van der Waals surface area contributed by atoms with Crippen molar-refractivity contribution >= 4 is 51.0 Å². The summed E-state index contributed by atoms with van der Waals surface area (Å²) >= 11 is 0. The van der Waals surface area contributed by atoms with Crippen molar-refractivity contribution < 1.29 is 42.9 Å². The number of pyridine rings is 2. The van der Waals surface area contributed by atoms with Crippen molar-refractivity contribution in [2.75, 3.05) is 43.7 Å². The second-order valence-corrected chi connectivity index (χ2v) is 14.3. The number of amides is 1. The Kier molecular flexibility index (Phi) is 11.8. The lowest BCUT2D eigenvalue weighted by atomic mass is 10.0. The van der Waals surface area contributed by atoms with Gasteiger partial charge in [0, 0.05) is 54.9 Å². The van der Waals surface area contributed by atoms with E-state index in [0.717, 1.165) is 65.7 Å². The van der Waals surface area contributed by atoms with E-state index < -0.39 is 11.9 Å². The topological polar surface area (TPSA) is 142 Å². The summed E-state index contributed by atoms with van der Waals surface area (Å²) in [6, 6.07) is 19.6. The molecule has 2 saturated heterocycles. The molecule has 2 N–H and O–H groups in total. The first-order chi connectivity index (χ1) is 28.0. The van der Waals surface area contributed by atoms with Crippen LogP contribution in [0.15, 0.2) is 85.2 Å². The van der Waals surface area contributed by atoms with E-state index in [9.17, 15) is 33.4 Å². The van der Waals surface area contributed by atoms with Gasteiger partial charge < -0.3 is 29.5 Å². The number of phenols is 2. The number of carbonyl (C=O) groups excluding carboxylic acids is 3. The molecule has 0 spiro atoms. The van der Waals surface area contributed by atoms with Crippen LogP contribution in [-0.4, -0.2) is 71.9 Å². The third-order valence-electron chi connectivity index (χ3n) is 10.5. The van der Waals surface area contributed by atoms with Gasteiger partial charge in [-0.05, 0) is 109 Å². The Bertz CT molecular complexity index is 2510. The molecule has 6 aromatic rings. The fraction of sp³-hybridized carbons (Fsp3) is 0.267. The van der Waals surface area contributed by atoms with Gasteiger partial charge >= 0.3 is 11.9 Å². The number of ether oxygens (including phenoxy) is 2. The molecule has 298 valence electrons. The third-order valence-corrected chi connectivity index (χ3v) is 10.5. The first kappa shape index (κ1) is 39.6. The molecule has 2 aromatic heterocycles. The number of halogens is 2. The van der Waals surface area contributed by atoms with Crippen LogP contribution in [-0.2, 0) is 27.1 Å². The minimum Gasteiger partial charge on any atom is -0.505 e. The van der Waals surface area contributed by atoms with Gasteiger partial charge in [0.2, 0.25) is 5.91 Å². The molecule has 58 heavy (non-hydrogen) atoms. The Balaban J connectivity index is 0.000000177. The van der Waals surface area contributed by atoms with Gasteiger partial charge in [-0.2, -0.15) is 0 Å². The zero-order valence-electron chi connectivity index (χ0n) is 32.1. The highest BCUT2D eigenvalue weighted by Gasteiger charge is 2.28. The Morgan fingerprint density at radius 1 is 0.638 bits per heavy atom. The molecular formula is C45H42F2N4O7. The number of hydrogen-bond acceptors (Lipinski definition) is 10. The van der Waals surface area contributed by atoms with Crippen molar-refractivity contribution in [3.05, 3.63) is 130 Å². The Hall–Kier alpha value is -6.63. The molecule has 8 rings (SSSR count). The number of aromatic nitrogens is 2. The molecule has 2 aliphatic heterocycles. The fourth-order valence-electron chi connectivity index (χ4n) is 7.53. The molecular weight excluding hydrogens is 747 g/mol. The smallest absolute Gasteiger partial charge is 0.341 e. The number of esters is 2. The van der Waals surface area contributed by atoms with Gasteiger partial charge in [0.15, 0.2) is 11.5 Å². The van der Waals surface area contributed by atoms with Crippen molar-refractivity contribution in [1.29, 1.82) is 0 Å². The predicted octanol–water partition coefficient (Wildman–Crippen LogP) is 8.03. The summed E-state index contributed by atoms with van der Waals surface area (Å²) in [6.07, 6.45) is 8.89. The van der Waals surface area contributed by atoms with E-state index in [1.54, 1.807) is 47.6 Å². The molecule has 0 atom stereocenters. The SMILES string of the molecule is COC(=O)c1cc(N2CCCC2=O)c2cc(Cc3ccc(F)cc3)cnc2c1O.COC(=O)c1cc(N2CCCCC2)c2cc(Cc3ccc(F)cc3)cnc2c1O. The highest BCUT2D eigenvalue weighted by Crippen LogP contribution is 2.39. The Labute approximate surface area is 333 Å². The molecule has 1 amide bonds. The van der Waals surface area contributed by atoms with Crippen LogP contribution in [0.5, 0.6) is 11.5 Å². The summed E-state index contributed by atoms with van der Waals surface area (Å²) in [7, 11) is 2.53. The molecule has 0 unspecified atom stereocenters. The number of carbonyl (C=O) groups is 3. The van der Waals surface area contributed by atoms with E-state index in [1.807, 2.05) is 12.1 Å². The Morgan fingerprint density at radius 3 is 1.55 bits per heavy atom. The van der Waals surface area contributed by atoms with Crippen molar-refractivity contribution in [2.45, 2.75) is 44.9 Å². The molecule has 0 saturated carbocycles. The van der Waals surface area contributed by atoms with Gasteiger partial charge in [-0.3, -0.25) is 14.8 Å². The highest BCUT2D eigenvalue weighted by molar-refractivity contribution is 6.10. The lowest BCUT2D eigenvalue weighted by Gasteiger charge is -2.30. The molecule has 0 aliphatic carbocycles. The number of benzene rings is 4. The molecule has 0 bridgehead atoms. The van der Waals surface area contributed by atoms with Crippen LogP contribution in [0.3, 0.4) is 0 Å². The average Bonchev–Trinajstić information content (AvgIpc) is 3.68. The van der Waals surface area contributed by atoms with Crippen LogP contribution in [0.1, 0.15) is 75.1 Å². The van der Waals surface area contributed by atoms with Gasteiger partial charge in [0.25, 0.3) is 0 Å². The number of fused-ring (bicyclic) bond motifs is 2. The van der Waals surface area contributed by atoms with Crippen molar-refractivity contribution in [1.82, 2.24) is 9.97 Å². The van der Waals surface area contributed by atoms with Gasteiger partial charge in [-0.1, -0.05) is 24.3 Å². The first-order valence-electron chi connectivity index (χ1n) is 19.0. The standard InChI is InChI=1S/C23H23FN2O3.C22H19FN2O4/c1-29-23(28)19-13-20(26-9-3-2-4-10-26)18-12-16(14-25-21(18)22(19)27)11-15-5-7-17(24)8-6-15;1-29-22(28)17-11-18(25-8-2-3-19(25)26)16-10-14(12-24-20(16)21(17)27)9-13-4-6-15(23)7-5-13/h5-8,12-14,27H,2-4,9-11H2,1H3;4-7,10-12,27H,2-3,8-9H2,1H3. The van der Waals surface area contributed by atoms with Crippen LogP contribution in [0, 0.1) is 11.6 Å². The van der Waals surface area contributed by atoms with E-state index in [4.69, 9.17) is 9.47 Å². The van der Waals surface area contributed by atoms with Gasteiger partial charge in [-0.15, -0.1) is 0 Å². The molecule has 4 aromatic carbocycles. The second-order valence-electron chi connectivity index (χ2n) is 14.3. The zero-order chi connectivity index (χ0) is 40.9. The summed E-state index contributed by atoms with van der Waals surface area (Å²) in [6.45, 7) is 2.31. The van der Waals surface area contributed by atoms with E-state index in [0.29, 0.717) is 42.4 Å². The fourth-order valence-corrected chi connectivity index (χ4v) is 7.53. The normalized spacial score (nSPS) is 14.0. The summed E-state index contributed by atoms with van der Waals surface area (Å²) in [5.74, 6) is -2.35. The summed E-state index contributed by atoms with van der Waals surface area (Å²) in [5, 5.41) is 22.6. The lowest BCUT2D eigenvalue weighted by Crippen LogP contribution is -2.29. The largest absolute Gasteiger partial charge is 0.505 e. The number of phenolic OH excluding ortho intramolecular Hbond substituents is 2. The maximum Gasteiger partial charge on any atom is 0.341 e. The summed E-state index contributed by atoms with van der Waals surface area (Å²) in [5.41, 5.74) is 5.77. The summed E-state index contributed by atoms with van der Waals surface area (Å²) < 4.78 is 36.0. The number of nitrogens with zero attached hydrogens (tertiary/aromatic N) is 4. The zero-order valence-corrected chi connectivity index (χ0v) is 32.1. The van der Waals surface area contributed by atoms with Crippen LogP contribution in [0.4, 0.5) is 20.2 Å². The van der Waals surface area contributed by atoms with E-state index in [-0.39, 0.29) is 45.7 Å². The summed E-state index contributed by atoms with van der Waals surface area (Å²) in [4.78, 5) is 49.3. The number of hydrogen-bond donors (Lipinski definition) is 2. The van der Waals surface area contributed by atoms with Crippen LogP contribution in [0.25, 0.3) is 21.8 Å². The van der Waals surface area contributed by atoms with E-state index in [2.05, 4.69) is 14.9 Å². The minimum absolute atomic E-state index is 0.0338. The monoisotopic (exact) mass is 788 g/mol. The quantitative estimate of drug-likeness (QED) is 0.146. The molecule has 2 fully saturated rings. The number of aromatic hydroxyl groups is 2. The van der Waals surface area contributed by atoms with E-state index >= 15 is 0 Å². The lowest BCUT2D eigenvalue weighted by molar-refractivity contribution is -0.117. The van der Waals surface area contributed by atoms with Crippen molar-refractivity contribution in [2.24, 2.45) is 0 Å². The molecule has 0 radical (unpaired) electrons. The number of piperidine rings is 1. The van der Waals surface area contributed by atoms with Gasteiger partial charge in [-0.25, -0.2) is 18.4 Å². The van der Waals surface area contributed by atoms with Crippen molar-refractivity contribution in [3.63, 3.8) is 0 Å². The van der Waals surface area contributed by atoms with Crippen LogP contribution < -0.4 is 9.80 Å². The molecule has 11 nitrogen and oxygen atoms in total. The maximum atomic E-state index is 13.2. The Morgan fingerprint density at radius 2 is 1.10 bits per heavy atom. The molecule has 13 heteroatoms. The first-order valence-corrected chi connectivity index (χ1v) is 19.0. The number of methoxy groups -OCH3 is 2. The van der Waals surface area contributed by atoms with Crippen LogP contribution in [0.2, 0.25) is 0 Å². The molecule has 4 heterocycles. The highest BCUT2D eigenvalue weighted by atomic mass is 19.1. The van der Waals surface area contributed by atoms with Gasteiger partial charge in [0.05, 0.1) is 19.9 Å². The van der Waals surface area contributed by atoms with Crippen molar-refractivity contribution in [3.8, 4) is 11.5 Å². The third kappa shape index (κ3) is 8.38. The van der Waals surface area contributed by atoms with Crippen LogP contribution >= 0.6 is 0 Å². The number of rotatable bonds is 8.